The summed E-state index contributed by atoms with van der Waals surface area (Å²) in [6, 6.07) is 12.2. The number of aromatic nitrogens is 1. The largest absolute Gasteiger partial charge is 0.343 e. The molecule has 1 fully saturated rings. The van der Waals surface area contributed by atoms with E-state index in [0.29, 0.717) is 12.0 Å². The van der Waals surface area contributed by atoms with Crippen LogP contribution in [0.25, 0.3) is 0 Å². The average molecular weight is 406 g/mol. The summed E-state index contributed by atoms with van der Waals surface area (Å²) in [5.74, 6) is 0.616. The Balaban J connectivity index is 1.50. The van der Waals surface area contributed by atoms with Gasteiger partial charge in [0.2, 0.25) is 5.91 Å². The van der Waals surface area contributed by atoms with Gasteiger partial charge in [-0.3, -0.25) is 14.6 Å². The lowest BCUT2D eigenvalue weighted by Gasteiger charge is -2.40. The highest BCUT2D eigenvalue weighted by molar-refractivity contribution is 5.94. The van der Waals surface area contributed by atoms with E-state index in [1.165, 1.54) is 11.1 Å². The predicted molar refractivity (Wildman–Crippen MR) is 117 cm³/mol. The number of hydrogen-bond acceptors (Lipinski definition) is 3. The Morgan fingerprint density at radius 3 is 2.40 bits per heavy atom. The van der Waals surface area contributed by atoms with Crippen LogP contribution in [-0.4, -0.2) is 52.8 Å². The maximum atomic E-state index is 12.8. The van der Waals surface area contributed by atoms with Crippen LogP contribution in [-0.2, 0) is 10.2 Å². The standard InChI is InChI=1S/C25H31N3O2/c1-3-27(4-2)23(29)17-20-18-25(22-8-6-5-7-21(20)22)11-15-28(16-12-25)24(30)19-9-13-26-14-10-19/h5-10,13-14,20H,3-4,11-12,15-18H2,1-2H3. The minimum atomic E-state index is 0.0832. The van der Waals surface area contributed by atoms with Crippen LogP contribution in [0.3, 0.4) is 0 Å². The number of hydrogen-bond donors (Lipinski definition) is 0. The minimum absolute atomic E-state index is 0.0832. The van der Waals surface area contributed by atoms with Crippen molar-refractivity contribution >= 4 is 11.8 Å². The molecule has 1 aromatic carbocycles. The normalized spacial score (nSPS) is 19.5. The molecule has 1 spiro atoms. The second-order valence-electron chi connectivity index (χ2n) is 8.57. The van der Waals surface area contributed by atoms with Gasteiger partial charge in [-0.1, -0.05) is 24.3 Å². The molecule has 1 atom stereocenters. The first-order chi connectivity index (χ1) is 14.6. The summed E-state index contributed by atoms with van der Waals surface area (Å²) in [5.41, 5.74) is 3.53. The van der Waals surface area contributed by atoms with Crippen molar-refractivity contribution in [1.82, 2.24) is 14.8 Å². The van der Waals surface area contributed by atoms with Crippen molar-refractivity contribution < 1.29 is 9.59 Å². The highest BCUT2D eigenvalue weighted by atomic mass is 16.2. The first-order valence-corrected chi connectivity index (χ1v) is 11.1. The van der Waals surface area contributed by atoms with Gasteiger partial charge in [0, 0.05) is 50.6 Å². The SMILES string of the molecule is CCN(CC)C(=O)CC1CC2(CCN(C(=O)c3ccncc3)CC2)c2ccccc21. The molecule has 0 radical (unpaired) electrons. The van der Waals surface area contributed by atoms with Gasteiger partial charge in [0.25, 0.3) is 5.91 Å². The van der Waals surface area contributed by atoms with E-state index in [0.717, 1.165) is 45.4 Å². The summed E-state index contributed by atoms with van der Waals surface area (Å²) in [5, 5.41) is 0. The quantitative estimate of drug-likeness (QED) is 0.755. The molecule has 2 amide bonds. The van der Waals surface area contributed by atoms with Crippen molar-refractivity contribution in [3.8, 4) is 0 Å². The van der Waals surface area contributed by atoms with Crippen LogP contribution in [0, 0.1) is 0 Å². The molecule has 158 valence electrons. The number of benzene rings is 1. The van der Waals surface area contributed by atoms with Gasteiger partial charge in [-0.15, -0.1) is 0 Å². The maximum Gasteiger partial charge on any atom is 0.253 e. The fourth-order valence-corrected chi connectivity index (χ4v) is 5.41. The summed E-state index contributed by atoms with van der Waals surface area (Å²) < 4.78 is 0. The van der Waals surface area contributed by atoms with Crippen molar-refractivity contribution in [3.05, 3.63) is 65.5 Å². The first-order valence-electron chi connectivity index (χ1n) is 11.1. The van der Waals surface area contributed by atoms with E-state index in [-0.39, 0.29) is 23.1 Å². The fraction of sp³-hybridized carbons (Fsp3) is 0.480. The number of carbonyl (C=O) groups excluding carboxylic acids is 2. The molecule has 0 bridgehead atoms. The topological polar surface area (TPSA) is 53.5 Å². The van der Waals surface area contributed by atoms with Crippen LogP contribution in [0.15, 0.2) is 48.8 Å². The number of amides is 2. The highest BCUT2D eigenvalue weighted by Crippen LogP contribution is 2.52. The van der Waals surface area contributed by atoms with E-state index < -0.39 is 0 Å². The lowest BCUT2D eigenvalue weighted by atomic mass is 9.73. The second-order valence-corrected chi connectivity index (χ2v) is 8.57. The predicted octanol–water partition coefficient (Wildman–Crippen LogP) is 4.00. The van der Waals surface area contributed by atoms with Crippen LogP contribution >= 0.6 is 0 Å². The lowest BCUT2D eigenvalue weighted by Crippen LogP contribution is -2.44. The van der Waals surface area contributed by atoms with Crippen molar-refractivity contribution in [3.63, 3.8) is 0 Å². The van der Waals surface area contributed by atoms with Gasteiger partial charge in [0.1, 0.15) is 0 Å². The molecule has 1 saturated heterocycles. The molecule has 0 saturated carbocycles. The number of rotatable bonds is 5. The van der Waals surface area contributed by atoms with Crippen LogP contribution in [0.1, 0.15) is 66.9 Å². The van der Waals surface area contributed by atoms with Crippen molar-refractivity contribution in [2.45, 2.75) is 50.9 Å². The molecule has 1 aromatic heterocycles. The third kappa shape index (κ3) is 3.73. The number of fused-ring (bicyclic) bond motifs is 2. The lowest BCUT2D eigenvalue weighted by molar-refractivity contribution is -0.131. The Kier molecular flexibility index (Phi) is 5.89. The molecule has 2 aliphatic rings. The Labute approximate surface area is 179 Å². The monoisotopic (exact) mass is 405 g/mol. The smallest absolute Gasteiger partial charge is 0.253 e. The molecule has 4 rings (SSSR count). The number of likely N-dealkylation sites (tertiary alicyclic amines) is 1. The molecule has 30 heavy (non-hydrogen) atoms. The Morgan fingerprint density at radius 1 is 1.07 bits per heavy atom. The third-order valence-corrected chi connectivity index (χ3v) is 7.08. The third-order valence-electron chi connectivity index (χ3n) is 7.08. The molecule has 2 aromatic rings. The first kappa shape index (κ1) is 20.6. The second kappa shape index (κ2) is 8.58. The van der Waals surface area contributed by atoms with E-state index in [1.807, 2.05) is 23.6 Å². The molecule has 2 heterocycles. The van der Waals surface area contributed by atoms with Crippen molar-refractivity contribution in [1.29, 1.82) is 0 Å². The molecular formula is C25H31N3O2. The Bertz CT molecular complexity index is 900. The number of carbonyl (C=O) groups is 2. The molecular weight excluding hydrogens is 374 g/mol. The van der Waals surface area contributed by atoms with Crippen LogP contribution < -0.4 is 0 Å². The van der Waals surface area contributed by atoms with Gasteiger partial charge < -0.3 is 9.80 Å². The van der Waals surface area contributed by atoms with E-state index in [2.05, 4.69) is 29.2 Å². The zero-order chi connectivity index (χ0) is 21.1. The van der Waals surface area contributed by atoms with Gasteiger partial charge in [0.05, 0.1) is 0 Å². The number of piperidine rings is 1. The summed E-state index contributed by atoms with van der Waals surface area (Å²) in [7, 11) is 0. The van der Waals surface area contributed by atoms with Crippen molar-refractivity contribution in [2.24, 2.45) is 0 Å². The molecule has 1 aliphatic carbocycles. The van der Waals surface area contributed by atoms with E-state index in [1.54, 1.807) is 24.5 Å². The van der Waals surface area contributed by atoms with Gasteiger partial charge in [0.15, 0.2) is 0 Å². The number of pyridine rings is 1. The average Bonchev–Trinajstić information content (AvgIpc) is 3.08. The highest BCUT2D eigenvalue weighted by Gasteiger charge is 2.46. The number of nitrogens with zero attached hydrogens (tertiary/aromatic N) is 3. The molecule has 1 unspecified atom stereocenters. The summed E-state index contributed by atoms with van der Waals surface area (Å²) in [6.07, 6.45) is 6.84. The molecule has 0 N–H and O–H groups in total. The Morgan fingerprint density at radius 2 is 1.73 bits per heavy atom. The van der Waals surface area contributed by atoms with Crippen LogP contribution in [0.5, 0.6) is 0 Å². The summed E-state index contributed by atoms with van der Waals surface area (Å²) >= 11 is 0. The van der Waals surface area contributed by atoms with Crippen LogP contribution in [0.2, 0.25) is 0 Å². The van der Waals surface area contributed by atoms with Crippen LogP contribution in [0.4, 0.5) is 0 Å². The molecule has 1 aliphatic heterocycles. The fourth-order valence-electron chi connectivity index (χ4n) is 5.41. The summed E-state index contributed by atoms with van der Waals surface area (Å²) in [6.45, 7) is 7.13. The van der Waals surface area contributed by atoms with Gasteiger partial charge >= 0.3 is 0 Å². The molecule has 5 nitrogen and oxygen atoms in total. The summed E-state index contributed by atoms with van der Waals surface area (Å²) in [4.78, 5) is 33.6. The van der Waals surface area contributed by atoms with Crippen molar-refractivity contribution in [2.75, 3.05) is 26.2 Å². The van der Waals surface area contributed by atoms with Gasteiger partial charge in [-0.2, -0.15) is 0 Å². The maximum absolute atomic E-state index is 12.8. The van der Waals surface area contributed by atoms with E-state index in [9.17, 15) is 9.59 Å². The minimum Gasteiger partial charge on any atom is -0.343 e. The van der Waals surface area contributed by atoms with Gasteiger partial charge in [-0.25, -0.2) is 0 Å². The molecule has 5 heteroatoms. The van der Waals surface area contributed by atoms with E-state index >= 15 is 0 Å². The van der Waals surface area contributed by atoms with Gasteiger partial charge in [-0.05, 0) is 67.7 Å². The zero-order valence-corrected chi connectivity index (χ0v) is 18.0. The van der Waals surface area contributed by atoms with E-state index in [4.69, 9.17) is 0 Å². The zero-order valence-electron chi connectivity index (χ0n) is 18.0. The Hall–Kier alpha value is -2.69.